The Morgan fingerprint density at radius 2 is 1.04 bits per heavy atom. The second-order valence-electron chi connectivity index (χ2n) is 6.41. The standard InChI is InChI=1S/C22H18BN3/c1-15-12-18(14-19(23)13-15)22-25-20(16-8-4-2-5-9-16)24-21(26-22)17-10-6-3-7-11-17/h2-14H,23H2,1H3. The fourth-order valence-electron chi connectivity index (χ4n) is 3.04. The predicted molar refractivity (Wildman–Crippen MR) is 109 cm³/mol. The average Bonchev–Trinajstić information content (AvgIpc) is 2.68. The van der Waals surface area contributed by atoms with E-state index in [0.717, 1.165) is 16.7 Å². The van der Waals surface area contributed by atoms with Crippen LogP contribution in [-0.4, -0.2) is 22.8 Å². The zero-order chi connectivity index (χ0) is 17.9. The molecule has 0 atom stereocenters. The molecule has 0 amide bonds. The lowest BCUT2D eigenvalue weighted by molar-refractivity contribution is 1.07. The van der Waals surface area contributed by atoms with Gasteiger partial charge in [0, 0.05) is 16.7 Å². The molecule has 0 radical (unpaired) electrons. The van der Waals surface area contributed by atoms with E-state index in [1.165, 1.54) is 11.0 Å². The van der Waals surface area contributed by atoms with Crippen LogP contribution in [0.1, 0.15) is 5.56 Å². The van der Waals surface area contributed by atoms with Crippen molar-refractivity contribution in [2.45, 2.75) is 6.92 Å². The highest BCUT2D eigenvalue weighted by Crippen LogP contribution is 2.24. The van der Waals surface area contributed by atoms with Crippen molar-refractivity contribution in [2.75, 3.05) is 0 Å². The maximum absolute atomic E-state index is 4.76. The molecule has 3 nitrogen and oxygen atoms in total. The molecule has 1 heterocycles. The van der Waals surface area contributed by atoms with Crippen LogP contribution in [0.15, 0.2) is 78.9 Å². The van der Waals surface area contributed by atoms with Crippen molar-refractivity contribution in [1.29, 1.82) is 0 Å². The summed E-state index contributed by atoms with van der Waals surface area (Å²) in [5.74, 6) is 2.08. The summed E-state index contributed by atoms with van der Waals surface area (Å²) in [5.41, 5.74) is 5.38. The van der Waals surface area contributed by atoms with Gasteiger partial charge in [-0.25, -0.2) is 15.0 Å². The van der Waals surface area contributed by atoms with Crippen molar-refractivity contribution in [3.05, 3.63) is 84.4 Å². The summed E-state index contributed by atoms with van der Waals surface area (Å²) in [6.07, 6.45) is 0. The van der Waals surface area contributed by atoms with Gasteiger partial charge in [0.05, 0.1) is 0 Å². The van der Waals surface area contributed by atoms with Gasteiger partial charge in [-0.05, 0) is 13.0 Å². The number of nitrogens with zero attached hydrogens (tertiary/aromatic N) is 3. The lowest BCUT2D eigenvalue weighted by Gasteiger charge is -2.09. The molecule has 0 aliphatic rings. The first kappa shape index (κ1) is 16.2. The topological polar surface area (TPSA) is 38.7 Å². The van der Waals surface area contributed by atoms with Crippen LogP contribution >= 0.6 is 0 Å². The zero-order valence-corrected chi connectivity index (χ0v) is 14.8. The van der Waals surface area contributed by atoms with Crippen molar-refractivity contribution in [1.82, 2.24) is 15.0 Å². The predicted octanol–water partition coefficient (Wildman–Crippen LogP) is 3.44. The summed E-state index contributed by atoms with van der Waals surface area (Å²) in [7, 11) is 2.09. The first-order valence-electron chi connectivity index (χ1n) is 8.65. The third-order valence-electron chi connectivity index (χ3n) is 4.18. The van der Waals surface area contributed by atoms with Crippen LogP contribution in [0.25, 0.3) is 34.2 Å². The normalized spacial score (nSPS) is 10.7. The van der Waals surface area contributed by atoms with Crippen molar-refractivity contribution in [3.63, 3.8) is 0 Å². The van der Waals surface area contributed by atoms with Gasteiger partial charge in [0.1, 0.15) is 7.85 Å². The molecule has 3 aromatic carbocycles. The molecule has 1 aromatic heterocycles. The number of aryl methyl sites for hydroxylation is 1. The van der Waals surface area contributed by atoms with E-state index in [9.17, 15) is 0 Å². The van der Waals surface area contributed by atoms with Crippen LogP contribution < -0.4 is 5.46 Å². The lowest BCUT2D eigenvalue weighted by Crippen LogP contribution is -2.05. The Bertz CT molecular complexity index is 969. The number of hydrogen-bond donors (Lipinski definition) is 0. The lowest BCUT2D eigenvalue weighted by atomic mass is 9.92. The summed E-state index contributed by atoms with van der Waals surface area (Å²) in [4.78, 5) is 14.2. The highest BCUT2D eigenvalue weighted by molar-refractivity contribution is 6.32. The first-order valence-corrected chi connectivity index (χ1v) is 8.65. The zero-order valence-electron chi connectivity index (χ0n) is 14.8. The molecule has 0 aliphatic heterocycles. The fraction of sp³-hybridized carbons (Fsp3) is 0.0455. The molecular formula is C22H18BN3. The third-order valence-corrected chi connectivity index (χ3v) is 4.18. The highest BCUT2D eigenvalue weighted by Gasteiger charge is 2.12. The van der Waals surface area contributed by atoms with Crippen molar-refractivity contribution >= 4 is 13.3 Å². The van der Waals surface area contributed by atoms with E-state index in [4.69, 9.17) is 15.0 Å². The summed E-state index contributed by atoms with van der Waals surface area (Å²) in [5, 5.41) is 0. The average molecular weight is 335 g/mol. The maximum atomic E-state index is 4.76. The van der Waals surface area contributed by atoms with Crippen LogP contribution in [0.2, 0.25) is 0 Å². The van der Waals surface area contributed by atoms with Gasteiger partial charge in [-0.15, -0.1) is 0 Å². The van der Waals surface area contributed by atoms with Gasteiger partial charge in [0.2, 0.25) is 0 Å². The smallest absolute Gasteiger partial charge is 0.164 e. The molecule has 4 rings (SSSR count). The van der Waals surface area contributed by atoms with Gasteiger partial charge in [-0.1, -0.05) is 83.8 Å². The summed E-state index contributed by atoms with van der Waals surface area (Å²) < 4.78 is 0. The summed E-state index contributed by atoms with van der Waals surface area (Å²) >= 11 is 0. The highest BCUT2D eigenvalue weighted by atomic mass is 15.0. The van der Waals surface area contributed by atoms with Crippen LogP contribution in [0.5, 0.6) is 0 Å². The van der Waals surface area contributed by atoms with Gasteiger partial charge in [0.15, 0.2) is 17.5 Å². The molecule has 0 fully saturated rings. The Balaban J connectivity index is 1.93. The number of hydrogen-bond acceptors (Lipinski definition) is 3. The molecule has 124 valence electrons. The van der Waals surface area contributed by atoms with Crippen molar-refractivity contribution < 1.29 is 0 Å². The molecule has 0 unspecified atom stereocenters. The Morgan fingerprint density at radius 3 is 1.50 bits per heavy atom. The van der Waals surface area contributed by atoms with Gasteiger partial charge >= 0.3 is 0 Å². The van der Waals surface area contributed by atoms with E-state index in [1.807, 2.05) is 60.7 Å². The molecule has 0 saturated carbocycles. The monoisotopic (exact) mass is 335 g/mol. The molecule has 4 heteroatoms. The minimum atomic E-state index is 0.689. The van der Waals surface area contributed by atoms with Crippen LogP contribution in [0.4, 0.5) is 0 Å². The first-order chi connectivity index (χ1) is 12.7. The number of benzene rings is 3. The van der Waals surface area contributed by atoms with E-state index >= 15 is 0 Å². The van der Waals surface area contributed by atoms with Gasteiger partial charge in [-0.2, -0.15) is 0 Å². The Morgan fingerprint density at radius 1 is 0.577 bits per heavy atom. The third kappa shape index (κ3) is 3.40. The number of aromatic nitrogens is 3. The molecule has 26 heavy (non-hydrogen) atoms. The molecule has 0 N–H and O–H groups in total. The van der Waals surface area contributed by atoms with Gasteiger partial charge < -0.3 is 0 Å². The van der Waals surface area contributed by atoms with E-state index in [2.05, 4.69) is 33.0 Å². The molecule has 0 bridgehead atoms. The van der Waals surface area contributed by atoms with Crippen LogP contribution in [0, 0.1) is 6.92 Å². The van der Waals surface area contributed by atoms with Crippen LogP contribution in [-0.2, 0) is 0 Å². The molecule has 0 saturated heterocycles. The largest absolute Gasteiger partial charge is 0.208 e. The Labute approximate surface area is 154 Å². The van der Waals surface area contributed by atoms with Crippen molar-refractivity contribution in [3.8, 4) is 34.2 Å². The van der Waals surface area contributed by atoms with Crippen LogP contribution in [0.3, 0.4) is 0 Å². The molecule has 4 aromatic rings. The minimum absolute atomic E-state index is 0.689. The van der Waals surface area contributed by atoms with E-state index in [1.54, 1.807) is 0 Å². The molecule has 0 spiro atoms. The van der Waals surface area contributed by atoms with Gasteiger partial charge in [0.25, 0.3) is 0 Å². The quantitative estimate of drug-likeness (QED) is 0.539. The fourth-order valence-corrected chi connectivity index (χ4v) is 3.04. The number of rotatable bonds is 3. The van der Waals surface area contributed by atoms with E-state index < -0.39 is 0 Å². The maximum Gasteiger partial charge on any atom is 0.164 e. The Kier molecular flexibility index (Phi) is 4.32. The SMILES string of the molecule is Bc1cc(C)cc(-c2nc(-c3ccccc3)nc(-c3ccccc3)n2)c1. The molecule has 0 aliphatic carbocycles. The van der Waals surface area contributed by atoms with Crippen molar-refractivity contribution in [2.24, 2.45) is 0 Å². The Hall–Kier alpha value is -3.27. The van der Waals surface area contributed by atoms with E-state index in [0.29, 0.717) is 17.5 Å². The van der Waals surface area contributed by atoms with E-state index in [-0.39, 0.29) is 0 Å². The summed E-state index contributed by atoms with van der Waals surface area (Å²) in [6, 6.07) is 26.5. The molecular weight excluding hydrogens is 317 g/mol. The minimum Gasteiger partial charge on any atom is -0.208 e. The summed E-state index contributed by atoms with van der Waals surface area (Å²) in [6.45, 7) is 2.09. The van der Waals surface area contributed by atoms with Gasteiger partial charge in [-0.3, -0.25) is 0 Å². The second kappa shape index (κ2) is 6.92. The second-order valence-corrected chi connectivity index (χ2v) is 6.41.